The van der Waals surface area contributed by atoms with E-state index >= 15 is 0 Å². The fraction of sp³-hybridized carbons (Fsp3) is 0.231. The van der Waals surface area contributed by atoms with Crippen molar-refractivity contribution in [3.63, 3.8) is 0 Å². The molecule has 0 fully saturated rings. The molecule has 0 aliphatic carbocycles. The molecule has 0 aliphatic heterocycles. The highest BCUT2D eigenvalue weighted by atomic mass is 35.5. The van der Waals surface area contributed by atoms with Crippen molar-refractivity contribution < 1.29 is 0 Å². The van der Waals surface area contributed by atoms with Gasteiger partial charge in [0.1, 0.15) is 11.5 Å². The molecule has 0 aliphatic rings. The lowest BCUT2D eigenvalue weighted by Crippen LogP contribution is -1.90. The highest BCUT2D eigenvalue weighted by Gasteiger charge is 2.04. The van der Waals surface area contributed by atoms with Crippen LogP contribution in [0.4, 0.5) is 0 Å². The zero-order valence-corrected chi connectivity index (χ0v) is 10.1. The Morgan fingerprint density at radius 3 is 2.62 bits per heavy atom. The number of benzene rings is 1. The van der Waals surface area contributed by atoms with E-state index in [4.69, 9.17) is 11.6 Å². The van der Waals surface area contributed by atoms with Crippen molar-refractivity contribution >= 4 is 11.6 Å². The standard InChI is InChI=1S/C13H13ClN2/c1-9(2)10-4-3-5-11(6-10)12-7-13(14)16-8-15-12/h3-9H,1-2H3. The van der Waals surface area contributed by atoms with Crippen molar-refractivity contribution in [2.75, 3.05) is 0 Å². The summed E-state index contributed by atoms with van der Waals surface area (Å²) in [6, 6.07) is 10.1. The summed E-state index contributed by atoms with van der Waals surface area (Å²) >= 11 is 5.85. The van der Waals surface area contributed by atoms with Gasteiger partial charge in [0.25, 0.3) is 0 Å². The van der Waals surface area contributed by atoms with Crippen LogP contribution in [0.1, 0.15) is 25.3 Å². The first kappa shape index (κ1) is 11.1. The predicted molar refractivity (Wildman–Crippen MR) is 66.6 cm³/mol. The van der Waals surface area contributed by atoms with Crippen LogP contribution in [0.5, 0.6) is 0 Å². The fourth-order valence-electron chi connectivity index (χ4n) is 1.55. The van der Waals surface area contributed by atoms with Crippen molar-refractivity contribution in [2.45, 2.75) is 19.8 Å². The number of hydrogen-bond donors (Lipinski definition) is 0. The minimum Gasteiger partial charge on any atom is -0.236 e. The van der Waals surface area contributed by atoms with Gasteiger partial charge in [-0.15, -0.1) is 0 Å². The van der Waals surface area contributed by atoms with Gasteiger partial charge in [0.2, 0.25) is 0 Å². The fourth-order valence-corrected chi connectivity index (χ4v) is 1.70. The molecule has 2 rings (SSSR count). The highest BCUT2D eigenvalue weighted by Crippen LogP contribution is 2.23. The third-order valence-corrected chi connectivity index (χ3v) is 2.69. The van der Waals surface area contributed by atoms with Crippen LogP contribution in [0.3, 0.4) is 0 Å². The van der Waals surface area contributed by atoms with E-state index in [1.165, 1.54) is 11.9 Å². The second kappa shape index (κ2) is 4.62. The zero-order chi connectivity index (χ0) is 11.5. The number of hydrogen-bond acceptors (Lipinski definition) is 2. The Balaban J connectivity index is 2.44. The van der Waals surface area contributed by atoms with Crippen molar-refractivity contribution in [1.82, 2.24) is 9.97 Å². The Morgan fingerprint density at radius 2 is 1.94 bits per heavy atom. The molecule has 0 spiro atoms. The van der Waals surface area contributed by atoms with E-state index in [1.54, 1.807) is 6.07 Å². The smallest absolute Gasteiger partial charge is 0.133 e. The average molecular weight is 233 g/mol. The summed E-state index contributed by atoms with van der Waals surface area (Å²) in [4.78, 5) is 8.09. The van der Waals surface area contributed by atoms with E-state index in [-0.39, 0.29) is 0 Å². The Morgan fingerprint density at radius 1 is 1.12 bits per heavy atom. The third-order valence-electron chi connectivity index (χ3n) is 2.48. The minimum absolute atomic E-state index is 0.472. The van der Waals surface area contributed by atoms with Crippen LogP contribution in [0, 0.1) is 0 Å². The molecule has 1 aromatic carbocycles. The first-order valence-electron chi connectivity index (χ1n) is 5.24. The molecule has 0 bridgehead atoms. The molecular formula is C13H13ClN2. The maximum atomic E-state index is 5.85. The Hall–Kier alpha value is -1.41. The molecule has 82 valence electrons. The van der Waals surface area contributed by atoms with Gasteiger partial charge in [-0.25, -0.2) is 9.97 Å². The second-order valence-corrected chi connectivity index (χ2v) is 4.39. The van der Waals surface area contributed by atoms with Crippen LogP contribution in [0.2, 0.25) is 5.15 Å². The quantitative estimate of drug-likeness (QED) is 0.734. The summed E-state index contributed by atoms with van der Waals surface area (Å²) < 4.78 is 0. The lowest BCUT2D eigenvalue weighted by Gasteiger charge is -2.07. The van der Waals surface area contributed by atoms with Gasteiger partial charge >= 0.3 is 0 Å². The van der Waals surface area contributed by atoms with Gasteiger partial charge in [0.15, 0.2) is 0 Å². The Bertz CT molecular complexity index is 495. The van der Waals surface area contributed by atoms with Gasteiger partial charge in [-0.2, -0.15) is 0 Å². The number of nitrogens with zero attached hydrogens (tertiary/aromatic N) is 2. The molecule has 0 saturated carbocycles. The second-order valence-electron chi connectivity index (χ2n) is 4.01. The summed E-state index contributed by atoms with van der Waals surface area (Å²) in [5.74, 6) is 0.511. The van der Waals surface area contributed by atoms with Gasteiger partial charge < -0.3 is 0 Å². The summed E-state index contributed by atoms with van der Waals surface area (Å²) in [6.07, 6.45) is 1.49. The van der Waals surface area contributed by atoms with E-state index in [1.807, 2.05) is 12.1 Å². The molecule has 0 radical (unpaired) electrons. The topological polar surface area (TPSA) is 25.8 Å². The van der Waals surface area contributed by atoms with Crippen molar-refractivity contribution in [3.8, 4) is 11.3 Å². The first-order valence-corrected chi connectivity index (χ1v) is 5.62. The van der Waals surface area contributed by atoms with Crippen LogP contribution in [-0.2, 0) is 0 Å². The summed E-state index contributed by atoms with van der Waals surface area (Å²) in [6.45, 7) is 4.35. The maximum Gasteiger partial charge on any atom is 0.133 e. The van der Waals surface area contributed by atoms with Crippen LogP contribution in [-0.4, -0.2) is 9.97 Å². The van der Waals surface area contributed by atoms with Gasteiger partial charge in [-0.1, -0.05) is 43.6 Å². The van der Waals surface area contributed by atoms with E-state index in [2.05, 4.69) is 35.9 Å². The lowest BCUT2D eigenvalue weighted by atomic mass is 10.00. The molecule has 1 aromatic heterocycles. The molecule has 1 heterocycles. The van der Waals surface area contributed by atoms with E-state index in [0.29, 0.717) is 11.1 Å². The van der Waals surface area contributed by atoms with Crippen LogP contribution >= 0.6 is 11.6 Å². The molecule has 0 atom stereocenters. The summed E-state index contributed by atoms with van der Waals surface area (Å²) in [7, 11) is 0. The van der Waals surface area contributed by atoms with E-state index in [9.17, 15) is 0 Å². The van der Waals surface area contributed by atoms with Gasteiger partial charge in [-0.05, 0) is 17.5 Å². The largest absolute Gasteiger partial charge is 0.236 e. The molecule has 3 heteroatoms. The Labute approximate surface area is 100 Å². The third kappa shape index (κ3) is 2.39. The predicted octanol–water partition coefficient (Wildman–Crippen LogP) is 3.92. The monoisotopic (exact) mass is 232 g/mol. The van der Waals surface area contributed by atoms with Crippen LogP contribution in [0.25, 0.3) is 11.3 Å². The molecular weight excluding hydrogens is 220 g/mol. The maximum absolute atomic E-state index is 5.85. The Kier molecular flexibility index (Phi) is 3.20. The minimum atomic E-state index is 0.472. The number of aromatic nitrogens is 2. The molecule has 2 nitrogen and oxygen atoms in total. The zero-order valence-electron chi connectivity index (χ0n) is 9.31. The highest BCUT2D eigenvalue weighted by molar-refractivity contribution is 6.29. The van der Waals surface area contributed by atoms with Crippen LogP contribution < -0.4 is 0 Å². The molecule has 2 aromatic rings. The van der Waals surface area contributed by atoms with Gasteiger partial charge in [0.05, 0.1) is 5.69 Å². The van der Waals surface area contributed by atoms with Crippen LogP contribution in [0.15, 0.2) is 36.7 Å². The lowest BCUT2D eigenvalue weighted by molar-refractivity contribution is 0.867. The average Bonchev–Trinajstić information content (AvgIpc) is 2.29. The molecule has 0 saturated heterocycles. The van der Waals surface area contributed by atoms with Gasteiger partial charge in [-0.3, -0.25) is 0 Å². The molecule has 16 heavy (non-hydrogen) atoms. The van der Waals surface area contributed by atoms with E-state index in [0.717, 1.165) is 11.3 Å². The first-order chi connectivity index (χ1) is 7.66. The number of halogens is 1. The van der Waals surface area contributed by atoms with E-state index < -0.39 is 0 Å². The van der Waals surface area contributed by atoms with Gasteiger partial charge in [0, 0.05) is 11.6 Å². The summed E-state index contributed by atoms with van der Waals surface area (Å²) in [5, 5.41) is 0.472. The molecule has 0 unspecified atom stereocenters. The van der Waals surface area contributed by atoms with Crippen molar-refractivity contribution in [3.05, 3.63) is 47.4 Å². The molecule has 0 amide bonds. The van der Waals surface area contributed by atoms with Crippen molar-refractivity contribution in [2.24, 2.45) is 0 Å². The normalized spacial score (nSPS) is 10.8. The SMILES string of the molecule is CC(C)c1cccc(-c2cc(Cl)ncn2)c1. The van der Waals surface area contributed by atoms with Crippen molar-refractivity contribution in [1.29, 1.82) is 0 Å². The molecule has 0 N–H and O–H groups in total. The number of rotatable bonds is 2. The summed E-state index contributed by atoms with van der Waals surface area (Å²) in [5.41, 5.74) is 3.24.